The predicted molar refractivity (Wildman–Crippen MR) is 141 cm³/mol. The van der Waals surface area contributed by atoms with Crippen molar-refractivity contribution in [2.75, 3.05) is 44.3 Å². The Morgan fingerprint density at radius 3 is 2.36 bits per heavy atom. The summed E-state index contributed by atoms with van der Waals surface area (Å²) in [5.74, 6) is 0.482. The third kappa shape index (κ3) is 4.57. The van der Waals surface area contributed by atoms with Crippen LogP contribution in [-0.2, 0) is 14.8 Å². The van der Waals surface area contributed by atoms with Crippen molar-refractivity contribution in [2.24, 2.45) is 0 Å². The largest absolute Gasteiger partial charge is 0.379 e. The fourth-order valence-corrected chi connectivity index (χ4v) is 6.18. The van der Waals surface area contributed by atoms with Crippen LogP contribution in [0.5, 0.6) is 0 Å². The van der Waals surface area contributed by atoms with Crippen LogP contribution in [0, 0.1) is 0 Å². The molecular weight excluding hydrogens is 474 g/mol. The van der Waals surface area contributed by atoms with E-state index in [4.69, 9.17) is 4.74 Å². The summed E-state index contributed by atoms with van der Waals surface area (Å²) in [5.41, 5.74) is 4.56. The van der Waals surface area contributed by atoms with Crippen LogP contribution in [-0.4, -0.2) is 67.1 Å². The molecule has 0 spiro atoms. The number of benzene rings is 1. The summed E-state index contributed by atoms with van der Waals surface area (Å²) < 4.78 is 34.4. The monoisotopic (exact) mass is 503 g/mol. The van der Waals surface area contributed by atoms with Gasteiger partial charge in [-0.1, -0.05) is 6.07 Å². The number of ether oxygens (including phenoxy) is 1. The van der Waals surface area contributed by atoms with E-state index in [9.17, 15) is 8.42 Å². The molecule has 1 aliphatic rings. The molecule has 186 valence electrons. The average Bonchev–Trinajstić information content (AvgIpc) is 2.94. The van der Waals surface area contributed by atoms with Crippen LogP contribution in [0.3, 0.4) is 0 Å². The van der Waals surface area contributed by atoms with Gasteiger partial charge >= 0.3 is 0 Å². The van der Waals surface area contributed by atoms with Crippen LogP contribution >= 0.6 is 0 Å². The lowest BCUT2D eigenvalue weighted by Gasteiger charge is -2.29. The van der Waals surface area contributed by atoms with Gasteiger partial charge in [0.25, 0.3) is 0 Å². The number of nitrogens with zero attached hydrogens (tertiary/aromatic N) is 5. The molecule has 4 heterocycles. The number of rotatable bonds is 7. The molecule has 1 aromatic carbocycles. The molecule has 5 rings (SSSR count). The molecule has 0 unspecified atom stereocenters. The number of anilines is 1. The van der Waals surface area contributed by atoms with Gasteiger partial charge in [0.2, 0.25) is 10.0 Å². The van der Waals surface area contributed by atoms with Crippen LogP contribution < -0.4 is 4.90 Å². The van der Waals surface area contributed by atoms with Crippen molar-refractivity contribution in [2.45, 2.75) is 18.7 Å². The van der Waals surface area contributed by atoms with Crippen LogP contribution in [0.1, 0.15) is 13.8 Å². The van der Waals surface area contributed by atoms with E-state index in [-0.39, 0.29) is 4.90 Å². The SMILES string of the molecule is CCN(CC)c1ncc(-c2ccc3nccc(-c4ccncc4)c3c2)cc1S(=O)(=O)N1CCOCC1. The molecule has 0 amide bonds. The molecule has 3 aromatic heterocycles. The van der Waals surface area contributed by atoms with E-state index >= 15 is 0 Å². The Kier molecular flexibility index (Phi) is 6.95. The van der Waals surface area contributed by atoms with Crippen LogP contribution in [0.2, 0.25) is 0 Å². The minimum Gasteiger partial charge on any atom is -0.379 e. The van der Waals surface area contributed by atoms with Gasteiger partial charge in [-0.3, -0.25) is 9.97 Å². The molecule has 4 aromatic rings. The first kappa shape index (κ1) is 24.3. The maximum atomic E-state index is 13.8. The van der Waals surface area contributed by atoms with E-state index in [1.54, 1.807) is 30.9 Å². The second-order valence-electron chi connectivity index (χ2n) is 8.56. The first-order valence-corrected chi connectivity index (χ1v) is 13.6. The van der Waals surface area contributed by atoms with Crippen LogP contribution in [0.15, 0.2) is 72.1 Å². The summed E-state index contributed by atoms with van der Waals surface area (Å²) >= 11 is 0. The number of hydrogen-bond donors (Lipinski definition) is 0. The molecule has 1 saturated heterocycles. The van der Waals surface area contributed by atoms with Crippen LogP contribution in [0.25, 0.3) is 33.2 Å². The van der Waals surface area contributed by atoms with E-state index in [2.05, 4.69) is 21.0 Å². The fraction of sp³-hybridized carbons (Fsp3) is 0.296. The molecule has 0 aliphatic carbocycles. The highest BCUT2D eigenvalue weighted by molar-refractivity contribution is 7.89. The Hall–Kier alpha value is -3.40. The number of aromatic nitrogens is 3. The molecule has 1 fully saturated rings. The Morgan fingerprint density at radius 2 is 1.64 bits per heavy atom. The van der Waals surface area contributed by atoms with Gasteiger partial charge in [-0.15, -0.1) is 0 Å². The lowest BCUT2D eigenvalue weighted by molar-refractivity contribution is 0.0730. The Bertz CT molecular complexity index is 1470. The molecular formula is C27H29N5O3S. The summed E-state index contributed by atoms with van der Waals surface area (Å²) in [6.45, 7) is 6.77. The minimum absolute atomic E-state index is 0.228. The third-order valence-electron chi connectivity index (χ3n) is 6.55. The van der Waals surface area contributed by atoms with Gasteiger partial charge < -0.3 is 9.64 Å². The van der Waals surface area contributed by atoms with E-state index in [1.165, 1.54) is 4.31 Å². The number of hydrogen-bond acceptors (Lipinski definition) is 7. The maximum absolute atomic E-state index is 13.8. The van der Waals surface area contributed by atoms with Crippen molar-refractivity contribution in [3.05, 3.63) is 67.3 Å². The zero-order valence-electron chi connectivity index (χ0n) is 20.5. The van der Waals surface area contributed by atoms with E-state index in [0.29, 0.717) is 45.2 Å². The smallest absolute Gasteiger partial charge is 0.246 e. The molecule has 36 heavy (non-hydrogen) atoms. The normalized spacial score (nSPS) is 14.7. The van der Waals surface area contributed by atoms with Gasteiger partial charge in [0, 0.05) is 61.9 Å². The number of fused-ring (bicyclic) bond motifs is 1. The van der Waals surface area contributed by atoms with Crippen molar-refractivity contribution in [1.82, 2.24) is 19.3 Å². The summed E-state index contributed by atoms with van der Waals surface area (Å²) in [6.07, 6.45) is 7.09. The van der Waals surface area contributed by atoms with E-state index in [1.807, 2.05) is 49.1 Å². The number of pyridine rings is 3. The zero-order chi connectivity index (χ0) is 25.1. The highest BCUT2D eigenvalue weighted by Gasteiger charge is 2.31. The first-order valence-electron chi connectivity index (χ1n) is 12.2. The molecule has 0 atom stereocenters. The fourth-order valence-electron chi connectivity index (χ4n) is 4.58. The maximum Gasteiger partial charge on any atom is 0.246 e. The lowest BCUT2D eigenvalue weighted by atomic mass is 9.98. The Labute approximate surface area is 211 Å². The molecule has 1 aliphatic heterocycles. The van der Waals surface area contributed by atoms with Crippen molar-refractivity contribution in [3.8, 4) is 22.3 Å². The Balaban J connectivity index is 1.65. The summed E-state index contributed by atoms with van der Waals surface area (Å²) in [6, 6.07) is 13.7. The van der Waals surface area contributed by atoms with Gasteiger partial charge in [-0.25, -0.2) is 13.4 Å². The third-order valence-corrected chi connectivity index (χ3v) is 8.45. The summed E-state index contributed by atoms with van der Waals surface area (Å²) in [5, 5.41) is 0.978. The molecule has 0 radical (unpaired) electrons. The molecule has 0 N–H and O–H groups in total. The van der Waals surface area contributed by atoms with Crippen molar-refractivity contribution >= 4 is 26.7 Å². The predicted octanol–water partition coefficient (Wildman–Crippen LogP) is 4.23. The van der Waals surface area contributed by atoms with E-state index < -0.39 is 10.0 Å². The molecule has 9 heteroatoms. The van der Waals surface area contributed by atoms with Crippen molar-refractivity contribution in [3.63, 3.8) is 0 Å². The second kappa shape index (κ2) is 10.3. The minimum atomic E-state index is -3.75. The first-order chi connectivity index (χ1) is 17.5. The van der Waals surface area contributed by atoms with Gasteiger partial charge in [0.1, 0.15) is 10.7 Å². The van der Waals surface area contributed by atoms with Gasteiger partial charge in [0.05, 0.1) is 18.7 Å². The second-order valence-corrected chi connectivity index (χ2v) is 10.5. The van der Waals surface area contributed by atoms with Gasteiger partial charge in [-0.05, 0) is 66.9 Å². The quantitative estimate of drug-likeness (QED) is 0.373. The molecule has 0 saturated carbocycles. The summed E-state index contributed by atoms with van der Waals surface area (Å²) in [4.78, 5) is 15.5. The van der Waals surface area contributed by atoms with Gasteiger partial charge in [-0.2, -0.15) is 4.31 Å². The van der Waals surface area contributed by atoms with Gasteiger partial charge in [0.15, 0.2) is 0 Å². The summed E-state index contributed by atoms with van der Waals surface area (Å²) in [7, 11) is -3.75. The van der Waals surface area contributed by atoms with Crippen molar-refractivity contribution < 1.29 is 13.2 Å². The molecule has 0 bridgehead atoms. The highest BCUT2D eigenvalue weighted by Crippen LogP contribution is 2.34. The zero-order valence-corrected chi connectivity index (χ0v) is 21.3. The lowest BCUT2D eigenvalue weighted by Crippen LogP contribution is -2.41. The number of sulfonamides is 1. The van der Waals surface area contributed by atoms with Crippen LogP contribution in [0.4, 0.5) is 5.82 Å². The standard InChI is InChI=1S/C27H29N5O3S/c1-3-31(4-2)27-26(36(33,34)32-13-15-35-16-14-32)18-22(19-30-27)21-5-6-25-24(17-21)23(9-12-29-25)20-7-10-28-11-8-20/h5-12,17-19H,3-4,13-16H2,1-2H3. The average molecular weight is 504 g/mol. The van der Waals surface area contributed by atoms with Crippen molar-refractivity contribution in [1.29, 1.82) is 0 Å². The topological polar surface area (TPSA) is 88.5 Å². The Morgan fingerprint density at radius 1 is 0.889 bits per heavy atom. The molecule has 8 nitrogen and oxygen atoms in total. The van der Waals surface area contributed by atoms with E-state index in [0.717, 1.165) is 33.2 Å². The highest BCUT2D eigenvalue weighted by atomic mass is 32.2. The number of morpholine rings is 1.